The maximum absolute atomic E-state index is 12.9. The van der Waals surface area contributed by atoms with Gasteiger partial charge < -0.3 is 9.84 Å². The summed E-state index contributed by atoms with van der Waals surface area (Å²) in [6, 6.07) is 0. The lowest BCUT2D eigenvalue weighted by Gasteiger charge is -2.63. The largest absolute Gasteiger partial charge is 0.393 e. The highest BCUT2D eigenvalue weighted by Crippen LogP contribution is 2.74. The monoisotopic (exact) mass is 456 g/mol. The maximum Gasteiger partial charge on any atom is 0.138 e. The number of fused-ring (bicyclic) bond motifs is 4. The second kappa shape index (κ2) is 6.67. The minimum atomic E-state index is -0.175. The average Bonchev–Trinajstić information content (AvgIpc) is 2.99. The van der Waals surface area contributed by atoms with Gasteiger partial charge in [-0.1, -0.05) is 41.5 Å². The molecule has 1 heterocycles. The van der Waals surface area contributed by atoms with Crippen LogP contribution in [0.2, 0.25) is 0 Å². The number of carbonyl (C=O) groups excluding carboxylic acids is 1. The molecule has 2 bridgehead atoms. The van der Waals surface area contributed by atoms with Crippen molar-refractivity contribution in [3.63, 3.8) is 0 Å². The molecule has 0 aromatic heterocycles. The fourth-order valence-electron chi connectivity index (χ4n) is 12.0. The molecular weight excluding hydrogens is 408 g/mol. The van der Waals surface area contributed by atoms with Crippen LogP contribution in [0.25, 0.3) is 0 Å². The van der Waals surface area contributed by atoms with Gasteiger partial charge in [-0.3, -0.25) is 4.79 Å². The molecule has 9 atom stereocenters. The number of hydrogen-bond donors (Lipinski definition) is 1. The molecule has 6 aliphatic rings. The topological polar surface area (TPSA) is 46.5 Å². The highest BCUT2D eigenvalue weighted by Gasteiger charge is 2.71. The molecule has 0 aromatic carbocycles. The Bertz CT molecular complexity index is 861. The van der Waals surface area contributed by atoms with E-state index in [4.69, 9.17) is 4.74 Å². The highest BCUT2D eigenvalue weighted by atomic mass is 16.5. The second-order valence-corrected chi connectivity index (χ2v) is 15.3. The zero-order valence-electron chi connectivity index (χ0n) is 22.1. The summed E-state index contributed by atoms with van der Waals surface area (Å²) in [6.07, 6.45) is 12.5. The predicted octanol–water partition coefficient (Wildman–Crippen LogP) is 6.56. The summed E-state index contributed by atoms with van der Waals surface area (Å²) in [7, 11) is 0. The lowest BCUT2D eigenvalue weighted by molar-refractivity contribution is -0.208. The van der Waals surface area contributed by atoms with Crippen molar-refractivity contribution >= 4 is 5.78 Å². The van der Waals surface area contributed by atoms with E-state index in [0.717, 1.165) is 32.3 Å². The van der Waals surface area contributed by atoms with Crippen LogP contribution in [0, 0.1) is 50.7 Å². The van der Waals surface area contributed by atoms with Crippen LogP contribution in [-0.4, -0.2) is 29.2 Å². The molecule has 5 aliphatic carbocycles. The molecule has 33 heavy (non-hydrogen) atoms. The number of ether oxygens (including phenoxy) is 1. The molecule has 6 fully saturated rings. The van der Waals surface area contributed by atoms with Crippen LogP contribution >= 0.6 is 0 Å². The minimum Gasteiger partial charge on any atom is -0.393 e. The van der Waals surface area contributed by atoms with Gasteiger partial charge in [0.1, 0.15) is 5.78 Å². The van der Waals surface area contributed by atoms with Gasteiger partial charge in [0.25, 0.3) is 0 Å². The van der Waals surface area contributed by atoms with E-state index in [9.17, 15) is 9.90 Å². The number of aliphatic hydroxyl groups excluding tert-OH is 1. The standard InChI is InChI=1S/C30H48O3/c1-25(2)19-9-15-29-17-30(33-18-29)16-10-20-26(3,4)24(32)12-14-28(20,6)22(30)8-7-21(29)27(19,5)13-11-23(25)31/h19-22,24,32H,7-18H2,1-6H3. The van der Waals surface area contributed by atoms with E-state index >= 15 is 0 Å². The Morgan fingerprint density at radius 1 is 0.758 bits per heavy atom. The van der Waals surface area contributed by atoms with Crippen molar-refractivity contribution in [1.29, 1.82) is 0 Å². The third-order valence-corrected chi connectivity index (χ3v) is 13.6. The number of hydrogen-bond acceptors (Lipinski definition) is 3. The fourth-order valence-corrected chi connectivity index (χ4v) is 12.0. The number of rotatable bonds is 0. The van der Waals surface area contributed by atoms with E-state index in [1.807, 2.05) is 0 Å². The molecule has 1 saturated heterocycles. The lowest BCUT2D eigenvalue weighted by Crippen LogP contribution is -2.61. The first kappa shape index (κ1) is 23.0. The summed E-state index contributed by atoms with van der Waals surface area (Å²) in [6.45, 7) is 15.3. The lowest BCUT2D eigenvalue weighted by atomic mass is 9.42. The molecule has 2 spiro atoms. The maximum atomic E-state index is 12.9. The van der Waals surface area contributed by atoms with Crippen molar-refractivity contribution < 1.29 is 14.6 Å². The molecule has 0 radical (unpaired) electrons. The van der Waals surface area contributed by atoms with E-state index in [2.05, 4.69) is 41.5 Å². The quantitative estimate of drug-likeness (QED) is 0.449. The number of aliphatic hydroxyl groups is 1. The van der Waals surface area contributed by atoms with Gasteiger partial charge in [-0.05, 0) is 110 Å². The van der Waals surface area contributed by atoms with Crippen molar-refractivity contribution in [2.75, 3.05) is 6.61 Å². The van der Waals surface area contributed by atoms with Crippen LogP contribution in [0.1, 0.15) is 112 Å². The van der Waals surface area contributed by atoms with Gasteiger partial charge in [0.2, 0.25) is 0 Å². The Hall–Kier alpha value is -0.410. The first-order chi connectivity index (χ1) is 15.3. The molecule has 3 nitrogen and oxygen atoms in total. The zero-order chi connectivity index (χ0) is 23.7. The molecule has 3 heteroatoms. The van der Waals surface area contributed by atoms with Gasteiger partial charge in [-0.15, -0.1) is 0 Å². The summed E-state index contributed by atoms with van der Waals surface area (Å²) in [4.78, 5) is 12.9. The first-order valence-corrected chi connectivity index (χ1v) is 14.2. The van der Waals surface area contributed by atoms with Gasteiger partial charge in [-0.2, -0.15) is 0 Å². The zero-order valence-corrected chi connectivity index (χ0v) is 22.1. The SMILES string of the molecule is CC1(C)C(=O)CCC2(C)C3CCC4C5(CCC6C(C)(C)C(O)CCC46C)CC3(CCC12)CO5. The van der Waals surface area contributed by atoms with Crippen LogP contribution in [-0.2, 0) is 9.53 Å². The Labute approximate surface area is 201 Å². The van der Waals surface area contributed by atoms with Crippen LogP contribution in [0.4, 0.5) is 0 Å². The predicted molar refractivity (Wildman–Crippen MR) is 131 cm³/mol. The summed E-state index contributed by atoms with van der Waals surface area (Å²) >= 11 is 0. The molecule has 5 saturated carbocycles. The molecule has 1 aliphatic heterocycles. The molecular formula is C30H48O3. The highest BCUT2D eigenvalue weighted by molar-refractivity contribution is 5.85. The number of ketones is 1. The van der Waals surface area contributed by atoms with E-state index in [1.165, 1.54) is 44.9 Å². The van der Waals surface area contributed by atoms with Crippen molar-refractivity contribution in [2.45, 2.75) is 124 Å². The molecule has 186 valence electrons. The van der Waals surface area contributed by atoms with Gasteiger partial charge in [0, 0.05) is 11.8 Å². The summed E-state index contributed by atoms with van der Waals surface area (Å²) in [5.74, 6) is 2.90. The van der Waals surface area contributed by atoms with Crippen molar-refractivity contribution in [3.05, 3.63) is 0 Å². The van der Waals surface area contributed by atoms with Gasteiger partial charge in [0.05, 0.1) is 18.3 Å². The third-order valence-electron chi connectivity index (χ3n) is 13.6. The van der Waals surface area contributed by atoms with Crippen LogP contribution in [0.5, 0.6) is 0 Å². The summed E-state index contributed by atoms with van der Waals surface area (Å²) in [5, 5.41) is 10.9. The molecule has 0 aromatic rings. The molecule has 6 rings (SSSR count). The molecule has 1 N–H and O–H groups in total. The Morgan fingerprint density at radius 2 is 1.42 bits per heavy atom. The summed E-state index contributed by atoms with van der Waals surface area (Å²) < 4.78 is 7.09. The van der Waals surface area contributed by atoms with Crippen LogP contribution in [0.15, 0.2) is 0 Å². The van der Waals surface area contributed by atoms with Crippen molar-refractivity contribution in [1.82, 2.24) is 0 Å². The fraction of sp³-hybridized carbons (Fsp3) is 0.967. The van der Waals surface area contributed by atoms with E-state index < -0.39 is 0 Å². The van der Waals surface area contributed by atoms with E-state index in [-0.39, 0.29) is 33.4 Å². The first-order valence-electron chi connectivity index (χ1n) is 14.2. The minimum absolute atomic E-state index is 0.00516. The number of Topliss-reactive ketones (excluding diaryl/α,β-unsaturated/α-hetero) is 1. The van der Waals surface area contributed by atoms with E-state index in [1.54, 1.807) is 0 Å². The Kier molecular flexibility index (Phi) is 4.65. The molecule has 0 amide bonds. The second-order valence-electron chi connectivity index (χ2n) is 15.3. The van der Waals surface area contributed by atoms with Gasteiger partial charge in [0.15, 0.2) is 0 Å². The van der Waals surface area contributed by atoms with Gasteiger partial charge in [-0.25, -0.2) is 0 Å². The Morgan fingerprint density at radius 3 is 2.18 bits per heavy atom. The summed E-state index contributed by atoms with van der Waals surface area (Å²) in [5.41, 5.74) is 0.730. The molecule has 9 unspecified atom stereocenters. The third kappa shape index (κ3) is 2.68. The van der Waals surface area contributed by atoms with E-state index in [0.29, 0.717) is 34.9 Å². The average molecular weight is 457 g/mol. The van der Waals surface area contributed by atoms with Crippen molar-refractivity contribution in [2.24, 2.45) is 50.7 Å². The van der Waals surface area contributed by atoms with Gasteiger partial charge >= 0.3 is 0 Å². The Balaban J connectivity index is 1.39. The smallest absolute Gasteiger partial charge is 0.138 e. The van der Waals surface area contributed by atoms with Crippen LogP contribution in [0.3, 0.4) is 0 Å². The van der Waals surface area contributed by atoms with Crippen LogP contribution < -0.4 is 0 Å². The van der Waals surface area contributed by atoms with Crippen molar-refractivity contribution in [3.8, 4) is 0 Å². The normalized spacial score (nSPS) is 56.7. The number of carbonyl (C=O) groups is 1.